The third-order valence-corrected chi connectivity index (χ3v) is 5.76. The molecule has 4 nitrogen and oxygen atoms in total. The molecular formula is C21H28FN3O. The van der Waals surface area contributed by atoms with Gasteiger partial charge >= 0.3 is 0 Å². The molecular weight excluding hydrogens is 329 g/mol. The number of nitrogens with zero attached hydrogens (tertiary/aromatic N) is 3. The molecule has 0 saturated carbocycles. The van der Waals surface area contributed by atoms with Crippen molar-refractivity contribution >= 4 is 5.69 Å². The first-order valence-corrected chi connectivity index (χ1v) is 9.77. The molecule has 2 fully saturated rings. The third kappa shape index (κ3) is 4.27. The van der Waals surface area contributed by atoms with E-state index >= 15 is 0 Å². The van der Waals surface area contributed by atoms with E-state index < -0.39 is 0 Å². The van der Waals surface area contributed by atoms with Crippen molar-refractivity contribution in [3.8, 4) is 0 Å². The van der Waals surface area contributed by atoms with Crippen molar-refractivity contribution < 1.29 is 8.81 Å². The second-order valence-corrected chi connectivity index (χ2v) is 7.44. The standard InChI is InChI=1S/C21H28FN3O/c22-18-4-6-19(7-5-18)24-10-2-11-25(15-14-24)20-8-12-23(13-9-20)17-21-3-1-16-26-21/h1,3-7,16,20H,2,8-15,17H2. The van der Waals surface area contributed by atoms with E-state index in [-0.39, 0.29) is 5.82 Å². The zero-order valence-corrected chi connectivity index (χ0v) is 15.3. The highest BCUT2D eigenvalue weighted by atomic mass is 19.1. The fourth-order valence-corrected chi connectivity index (χ4v) is 4.28. The molecule has 0 unspecified atom stereocenters. The van der Waals surface area contributed by atoms with E-state index in [1.807, 2.05) is 18.2 Å². The molecule has 0 radical (unpaired) electrons. The van der Waals surface area contributed by atoms with E-state index in [1.165, 1.54) is 25.8 Å². The minimum absolute atomic E-state index is 0.161. The second-order valence-electron chi connectivity index (χ2n) is 7.44. The lowest BCUT2D eigenvalue weighted by atomic mass is 10.0. The van der Waals surface area contributed by atoms with Crippen LogP contribution in [0, 0.1) is 5.82 Å². The van der Waals surface area contributed by atoms with Crippen LogP contribution < -0.4 is 4.90 Å². The van der Waals surface area contributed by atoms with Gasteiger partial charge < -0.3 is 9.32 Å². The topological polar surface area (TPSA) is 22.9 Å². The van der Waals surface area contributed by atoms with Gasteiger partial charge in [-0.3, -0.25) is 9.80 Å². The zero-order valence-electron chi connectivity index (χ0n) is 15.3. The van der Waals surface area contributed by atoms with Crippen LogP contribution in [0.1, 0.15) is 25.0 Å². The molecule has 3 heterocycles. The van der Waals surface area contributed by atoms with Gasteiger partial charge in [0.2, 0.25) is 0 Å². The lowest BCUT2D eigenvalue weighted by Crippen LogP contribution is -2.45. The van der Waals surface area contributed by atoms with Gasteiger partial charge in [0, 0.05) is 51.0 Å². The first-order valence-electron chi connectivity index (χ1n) is 9.77. The monoisotopic (exact) mass is 357 g/mol. The van der Waals surface area contributed by atoms with Crippen LogP contribution >= 0.6 is 0 Å². The summed E-state index contributed by atoms with van der Waals surface area (Å²) in [5, 5.41) is 0. The van der Waals surface area contributed by atoms with Gasteiger partial charge in [-0.25, -0.2) is 4.39 Å². The Balaban J connectivity index is 1.27. The van der Waals surface area contributed by atoms with Crippen molar-refractivity contribution in [2.24, 2.45) is 0 Å². The lowest BCUT2D eigenvalue weighted by Gasteiger charge is -2.37. The van der Waals surface area contributed by atoms with E-state index in [9.17, 15) is 4.39 Å². The van der Waals surface area contributed by atoms with Crippen LogP contribution in [0.3, 0.4) is 0 Å². The number of hydrogen-bond donors (Lipinski definition) is 0. The summed E-state index contributed by atoms with van der Waals surface area (Å²) in [7, 11) is 0. The second kappa shape index (κ2) is 8.23. The Kier molecular flexibility index (Phi) is 5.56. The average molecular weight is 357 g/mol. The van der Waals surface area contributed by atoms with Crippen LogP contribution in [0.5, 0.6) is 0 Å². The summed E-state index contributed by atoms with van der Waals surface area (Å²) >= 11 is 0. The Morgan fingerprint density at radius 3 is 2.46 bits per heavy atom. The summed E-state index contributed by atoms with van der Waals surface area (Å²) in [5.74, 6) is 0.902. The maximum Gasteiger partial charge on any atom is 0.123 e. The van der Waals surface area contributed by atoms with Gasteiger partial charge in [0.1, 0.15) is 11.6 Å². The van der Waals surface area contributed by atoms with E-state index in [4.69, 9.17) is 4.42 Å². The number of piperidine rings is 1. The molecule has 2 aromatic rings. The van der Waals surface area contributed by atoms with Gasteiger partial charge in [-0.2, -0.15) is 0 Å². The predicted molar refractivity (Wildman–Crippen MR) is 102 cm³/mol. The predicted octanol–water partition coefficient (Wildman–Crippen LogP) is 3.60. The summed E-state index contributed by atoms with van der Waals surface area (Å²) in [5.41, 5.74) is 1.14. The highest BCUT2D eigenvalue weighted by Gasteiger charge is 2.26. The highest BCUT2D eigenvalue weighted by Crippen LogP contribution is 2.22. The molecule has 140 valence electrons. The van der Waals surface area contributed by atoms with E-state index in [1.54, 1.807) is 18.4 Å². The first kappa shape index (κ1) is 17.6. The molecule has 0 bridgehead atoms. The molecule has 0 aliphatic carbocycles. The Morgan fingerprint density at radius 2 is 1.73 bits per heavy atom. The molecule has 1 aromatic heterocycles. The SMILES string of the molecule is Fc1ccc(N2CCCN(C3CCN(Cc4ccco4)CC3)CC2)cc1. The lowest BCUT2D eigenvalue weighted by molar-refractivity contribution is 0.106. The van der Waals surface area contributed by atoms with Gasteiger partial charge in [0.15, 0.2) is 0 Å². The maximum atomic E-state index is 13.2. The fourth-order valence-electron chi connectivity index (χ4n) is 4.28. The smallest absolute Gasteiger partial charge is 0.123 e. The molecule has 0 N–H and O–H groups in total. The quantitative estimate of drug-likeness (QED) is 0.834. The van der Waals surface area contributed by atoms with Crippen molar-refractivity contribution in [1.82, 2.24) is 9.80 Å². The number of furan rings is 1. The number of benzene rings is 1. The molecule has 2 aliphatic heterocycles. The van der Waals surface area contributed by atoms with Crippen molar-refractivity contribution in [3.63, 3.8) is 0 Å². The number of hydrogen-bond acceptors (Lipinski definition) is 4. The number of anilines is 1. The fraction of sp³-hybridized carbons (Fsp3) is 0.524. The Bertz CT molecular complexity index is 665. The van der Waals surface area contributed by atoms with E-state index in [0.29, 0.717) is 6.04 Å². The van der Waals surface area contributed by atoms with Gasteiger partial charge in [-0.05, 0) is 55.7 Å². The Morgan fingerprint density at radius 1 is 0.923 bits per heavy atom. The summed E-state index contributed by atoms with van der Waals surface area (Å²) in [6.07, 6.45) is 5.39. The third-order valence-electron chi connectivity index (χ3n) is 5.76. The minimum atomic E-state index is -0.161. The number of likely N-dealkylation sites (tertiary alicyclic amines) is 1. The van der Waals surface area contributed by atoms with Gasteiger partial charge in [-0.1, -0.05) is 0 Å². The van der Waals surface area contributed by atoms with Crippen molar-refractivity contribution in [1.29, 1.82) is 0 Å². The van der Waals surface area contributed by atoms with Gasteiger partial charge in [0.25, 0.3) is 0 Å². The largest absolute Gasteiger partial charge is 0.468 e. The van der Waals surface area contributed by atoms with Crippen LogP contribution in [-0.2, 0) is 6.54 Å². The first-order chi connectivity index (χ1) is 12.8. The van der Waals surface area contributed by atoms with Crippen molar-refractivity contribution in [2.45, 2.75) is 31.8 Å². The van der Waals surface area contributed by atoms with Crippen LogP contribution in [-0.4, -0.2) is 55.1 Å². The Labute approximate surface area is 155 Å². The Hall–Kier alpha value is -1.85. The van der Waals surface area contributed by atoms with E-state index in [0.717, 1.165) is 50.7 Å². The van der Waals surface area contributed by atoms with Crippen molar-refractivity contribution in [2.75, 3.05) is 44.2 Å². The molecule has 4 rings (SSSR count). The summed E-state index contributed by atoms with van der Waals surface area (Å²) in [6.45, 7) is 7.56. The molecule has 0 atom stereocenters. The average Bonchev–Trinajstić information content (AvgIpc) is 3.05. The van der Waals surface area contributed by atoms with Gasteiger partial charge in [0.05, 0.1) is 12.8 Å². The highest BCUT2D eigenvalue weighted by molar-refractivity contribution is 5.46. The number of halogens is 1. The van der Waals surface area contributed by atoms with Crippen LogP contribution in [0.15, 0.2) is 47.1 Å². The maximum absolute atomic E-state index is 13.2. The minimum Gasteiger partial charge on any atom is -0.468 e. The molecule has 26 heavy (non-hydrogen) atoms. The van der Waals surface area contributed by atoms with Crippen LogP contribution in [0.25, 0.3) is 0 Å². The van der Waals surface area contributed by atoms with Crippen LogP contribution in [0.4, 0.5) is 10.1 Å². The van der Waals surface area contributed by atoms with Crippen molar-refractivity contribution in [3.05, 3.63) is 54.2 Å². The zero-order chi connectivity index (χ0) is 17.8. The molecule has 0 amide bonds. The summed E-state index contributed by atoms with van der Waals surface area (Å²) < 4.78 is 18.6. The van der Waals surface area contributed by atoms with Gasteiger partial charge in [-0.15, -0.1) is 0 Å². The molecule has 2 saturated heterocycles. The molecule has 1 aromatic carbocycles. The molecule has 2 aliphatic rings. The summed E-state index contributed by atoms with van der Waals surface area (Å²) in [4.78, 5) is 7.57. The normalized spacial score (nSPS) is 21.0. The van der Waals surface area contributed by atoms with E-state index in [2.05, 4.69) is 20.8 Å². The molecule has 5 heteroatoms. The number of rotatable bonds is 4. The van der Waals surface area contributed by atoms with Crippen LogP contribution in [0.2, 0.25) is 0 Å². The molecule has 0 spiro atoms. The summed E-state index contributed by atoms with van der Waals surface area (Å²) in [6, 6.07) is 11.6.